The zero-order valence-electron chi connectivity index (χ0n) is 17.7. The highest BCUT2D eigenvalue weighted by atomic mass is 32.2. The Balaban J connectivity index is 1.70. The van der Waals surface area contributed by atoms with E-state index in [0.717, 1.165) is 16.9 Å². The molecule has 0 fully saturated rings. The van der Waals surface area contributed by atoms with Crippen molar-refractivity contribution in [1.29, 1.82) is 0 Å². The van der Waals surface area contributed by atoms with Crippen LogP contribution in [0.4, 0.5) is 5.69 Å². The number of amides is 1. The number of thioether (sulfide) groups is 1. The molecule has 1 aromatic carbocycles. The van der Waals surface area contributed by atoms with Gasteiger partial charge in [0.2, 0.25) is 5.16 Å². The van der Waals surface area contributed by atoms with Gasteiger partial charge in [-0.1, -0.05) is 30.0 Å². The second-order valence-corrected chi connectivity index (χ2v) is 7.88. The largest absolute Gasteiger partial charge is 0.455 e. The third kappa shape index (κ3) is 4.62. The molecule has 3 aromatic rings. The van der Waals surface area contributed by atoms with Crippen LogP contribution in [0.3, 0.4) is 0 Å². The second kappa shape index (κ2) is 9.25. The van der Waals surface area contributed by atoms with Crippen molar-refractivity contribution < 1.29 is 14.3 Å². The van der Waals surface area contributed by atoms with E-state index in [0.29, 0.717) is 16.6 Å². The Hall–Kier alpha value is -2.94. The van der Waals surface area contributed by atoms with Gasteiger partial charge in [-0.15, -0.1) is 5.10 Å². The van der Waals surface area contributed by atoms with E-state index in [1.807, 2.05) is 64.3 Å². The maximum absolute atomic E-state index is 12.7. The number of para-hydroxylation sites is 1. The number of fused-ring (bicyclic) bond motifs is 1. The SMILES string of the molecule is CSc1nc2nc(C)c(CC(=O)OCC(=O)N(c3ccccc3)C(C)C)c(C)n2n1. The topological polar surface area (TPSA) is 89.7 Å². The number of ether oxygens (including phenoxy) is 1. The minimum atomic E-state index is -0.488. The number of rotatable bonds is 7. The lowest BCUT2D eigenvalue weighted by Crippen LogP contribution is -2.40. The first kappa shape index (κ1) is 21.8. The molecule has 0 bridgehead atoms. The van der Waals surface area contributed by atoms with E-state index >= 15 is 0 Å². The highest BCUT2D eigenvalue weighted by Crippen LogP contribution is 2.19. The molecule has 1 amide bonds. The van der Waals surface area contributed by atoms with Gasteiger partial charge in [0.05, 0.1) is 6.42 Å². The molecule has 0 unspecified atom stereocenters. The van der Waals surface area contributed by atoms with Crippen molar-refractivity contribution in [3.8, 4) is 0 Å². The van der Waals surface area contributed by atoms with Gasteiger partial charge < -0.3 is 9.64 Å². The Morgan fingerprint density at radius 1 is 1.17 bits per heavy atom. The molecule has 0 aliphatic carbocycles. The number of nitrogens with zero attached hydrogens (tertiary/aromatic N) is 5. The fraction of sp³-hybridized carbons (Fsp3) is 0.381. The maximum Gasteiger partial charge on any atom is 0.310 e. The lowest BCUT2D eigenvalue weighted by molar-refractivity contribution is -0.147. The first-order chi connectivity index (χ1) is 14.3. The minimum absolute atomic E-state index is 0.00929. The fourth-order valence-corrected chi connectivity index (χ4v) is 3.59. The molecule has 0 saturated heterocycles. The van der Waals surface area contributed by atoms with E-state index in [2.05, 4.69) is 15.1 Å². The van der Waals surface area contributed by atoms with E-state index in [4.69, 9.17) is 4.74 Å². The van der Waals surface area contributed by atoms with Crippen LogP contribution in [0.2, 0.25) is 0 Å². The molecule has 30 heavy (non-hydrogen) atoms. The quantitative estimate of drug-likeness (QED) is 0.423. The van der Waals surface area contributed by atoms with Crippen molar-refractivity contribution >= 4 is 35.1 Å². The Bertz CT molecular complexity index is 1070. The van der Waals surface area contributed by atoms with Crippen LogP contribution in [0.1, 0.15) is 30.8 Å². The van der Waals surface area contributed by atoms with Crippen LogP contribution >= 0.6 is 11.8 Å². The van der Waals surface area contributed by atoms with Gasteiger partial charge in [-0.25, -0.2) is 9.50 Å². The van der Waals surface area contributed by atoms with Gasteiger partial charge in [0, 0.05) is 28.7 Å². The van der Waals surface area contributed by atoms with Gasteiger partial charge in [0.15, 0.2) is 6.61 Å². The maximum atomic E-state index is 12.7. The Labute approximate surface area is 179 Å². The molecule has 158 valence electrons. The van der Waals surface area contributed by atoms with Crippen LogP contribution in [0.15, 0.2) is 35.5 Å². The van der Waals surface area contributed by atoms with Gasteiger partial charge in [0.1, 0.15) is 0 Å². The van der Waals surface area contributed by atoms with Crippen molar-refractivity contribution in [2.45, 2.75) is 45.3 Å². The van der Waals surface area contributed by atoms with E-state index in [1.54, 1.807) is 9.42 Å². The number of carbonyl (C=O) groups excluding carboxylic acids is 2. The molecule has 0 spiro atoms. The predicted molar refractivity (Wildman–Crippen MR) is 116 cm³/mol. The normalized spacial score (nSPS) is 11.1. The standard InChI is InChI=1S/C21H25N5O3S/c1-13(2)25(16-9-7-6-8-10-16)18(27)12-29-19(28)11-17-14(3)22-20-23-21(30-5)24-26(20)15(17)4/h6-10,13H,11-12H2,1-5H3. The summed E-state index contributed by atoms with van der Waals surface area (Å²) in [6.45, 7) is 7.20. The number of aryl methyl sites for hydroxylation is 2. The van der Waals surface area contributed by atoms with Crippen LogP contribution in [-0.4, -0.2) is 50.4 Å². The van der Waals surface area contributed by atoms with Crippen molar-refractivity contribution in [3.05, 3.63) is 47.3 Å². The van der Waals surface area contributed by atoms with Crippen molar-refractivity contribution in [1.82, 2.24) is 19.6 Å². The van der Waals surface area contributed by atoms with Crippen LogP contribution < -0.4 is 4.90 Å². The summed E-state index contributed by atoms with van der Waals surface area (Å²) < 4.78 is 6.93. The van der Waals surface area contributed by atoms with E-state index in [-0.39, 0.29) is 25.0 Å². The molecule has 0 radical (unpaired) electrons. The molecule has 0 aliphatic rings. The molecule has 2 heterocycles. The first-order valence-electron chi connectivity index (χ1n) is 9.61. The molecule has 2 aromatic heterocycles. The van der Waals surface area contributed by atoms with Gasteiger partial charge in [-0.3, -0.25) is 9.59 Å². The Morgan fingerprint density at radius 2 is 1.87 bits per heavy atom. The monoisotopic (exact) mass is 427 g/mol. The fourth-order valence-electron chi connectivity index (χ4n) is 3.26. The predicted octanol–water partition coefficient (Wildman–Crippen LogP) is 2.99. The summed E-state index contributed by atoms with van der Waals surface area (Å²) in [5.41, 5.74) is 2.96. The first-order valence-corrected chi connectivity index (χ1v) is 10.8. The number of carbonyl (C=O) groups is 2. The summed E-state index contributed by atoms with van der Waals surface area (Å²) in [6, 6.07) is 9.27. The van der Waals surface area contributed by atoms with E-state index in [9.17, 15) is 9.59 Å². The summed E-state index contributed by atoms with van der Waals surface area (Å²) in [4.78, 5) is 35.6. The summed E-state index contributed by atoms with van der Waals surface area (Å²) >= 11 is 1.43. The number of hydrogen-bond donors (Lipinski definition) is 0. The highest BCUT2D eigenvalue weighted by Gasteiger charge is 2.22. The summed E-state index contributed by atoms with van der Waals surface area (Å²) in [5.74, 6) is -0.262. The Kier molecular flexibility index (Phi) is 6.71. The number of aromatic nitrogens is 4. The number of esters is 1. The third-order valence-electron chi connectivity index (χ3n) is 4.71. The zero-order valence-corrected chi connectivity index (χ0v) is 18.6. The third-order valence-corrected chi connectivity index (χ3v) is 5.25. The van der Waals surface area contributed by atoms with Crippen LogP contribution in [0.25, 0.3) is 5.78 Å². The minimum Gasteiger partial charge on any atom is -0.455 e. The second-order valence-electron chi connectivity index (χ2n) is 7.10. The Morgan fingerprint density at radius 3 is 2.50 bits per heavy atom. The van der Waals surface area contributed by atoms with Gasteiger partial charge in [-0.05, 0) is 46.1 Å². The van der Waals surface area contributed by atoms with E-state index < -0.39 is 5.97 Å². The van der Waals surface area contributed by atoms with Crippen LogP contribution in [-0.2, 0) is 20.7 Å². The molecule has 0 atom stereocenters. The lowest BCUT2D eigenvalue weighted by Gasteiger charge is -2.26. The molecule has 3 rings (SSSR count). The molecule has 0 saturated carbocycles. The molecular formula is C21H25N5O3S. The van der Waals surface area contributed by atoms with Crippen LogP contribution in [0.5, 0.6) is 0 Å². The average molecular weight is 428 g/mol. The smallest absolute Gasteiger partial charge is 0.310 e. The lowest BCUT2D eigenvalue weighted by atomic mass is 10.1. The molecule has 8 nitrogen and oxygen atoms in total. The van der Waals surface area contributed by atoms with Gasteiger partial charge >= 0.3 is 5.97 Å². The molecule has 0 aliphatic heterocycles. The van der Waals surface area contributed by atoms with Crippen molar-refractivity contribution in [3.63, 3.8) is 0 Å². The molecule has 0 N–H and O–H groups in total. The number of anilines is 1. The van der Waals surface area contributed by atoms with Crippen LogP contribution in [0, 0.1) is 13.8 Å². The summed E-state index contributed by atoms with van der Waals surface area (Å²) in [7, 11) is 0. The highest BCUT2D eigenvalue weighted by molar-refractivity contribution is 7.98. The van der Waals surface area contributed by atoms with Crippen molar-refractivity contribution in [2.75, 3.05) is 17.8 Å². The molecule has 9 heteroatoms. The average Bonchev–Trinajstić information content (AvgIpc) is 3.13. The van der Waals surface area contributed by atoms with E-state index in [1.165, 1.54) is 11.8 Å². The van der Waals surface area contributed by atoms with Crippen molar-refractivity contribution in [2.24, 2.45) is 0 Å². The summed E-state index contributed by atoms with van der Waals surface area (Å²) in [6.07, 6.45) is 1.90. The zero-order chi connectivity index (χ0) is 21.8. The summed E-state index contributed by atoms with van der Waals surface area (Å²) in [5, 5.41) is 5.00. The number of benzene rings is 1. The number of hydrogen-bond acceptors (Lipinski definition) is 7. The van der Waals surface area contributed by atoms with Gasteiger partial charge in [0.25, 0.3) is 11.7 Å². The van der Waals surface area contributed by atoms with Gasteiger partial charge in [-0.2, -0.15) is 4.98 Å². The molecular weight excluding hydrogens is 402 g/mol.